The molecule has 9 heteroatoms. The molecule has 0 aliphatic carbocycles. The number of rotatable bonds is 11. The number of amides is 1. The van der Waals surface area contributed by atoms with Crippen LogP contribution in [0.1, 0.15) is 44.4 Å². The largest absolute Gasteiger partial charge is 0.503 e. The number of nitrogens with zero attached hydrogens (tertiary/aromatic N) is 2. The van der Waals surface area contributed by atoms with Crippen molar-refractivity contribution in [1.82, 2.24) is 4.98 Å². The highest BCUT2D eigenvalue weighted by Crippen LogP contribution is 2.45. The van der Waals surface area contributed by atoms with Crippen LogP contribution in [0.4, 0.5) is 5.13 Å². The van der Waals surface area contributed by atoms with Gasteiger partial charge in [0.25, 0.3) is 5.91 Å². The minimum Gasteiger partial charge on any atom is -0.503 e. The second-order valence-corrected chi connectivity index (χ2v) is 11.7. The third-order valence-corrected chi connectivity index (χ3v) is 8.03. The van der Waals surface area contributed by atoms with Crippen molar-refractivity contribution in [3.63, 3.8) is 0 Å². The maximum Gasteiger partial charge on any atom is 0.296 e. The third kappa shape index (κ3) is 6.20. The first kappa shape index (κ1) is 29.4. The molecule has 7 nitrogen and oxygen atoms in total. The van der Waals surface area contributed by atoms with Gasteiger partial charge in [0.15, 0.2) is 28.2 Å². The van der Waals surface area contributed by atoms with Crippen LogP contribution in [0.5, 0.6) is 11.5 Å². The summed E-state index contributed by atoms with van der Waals surface area (Å²) in [5.41, 5.74) is 1.99. The van der Waals surface area contributed by atoms with Gasteiger partial charge in [0.1, 0.15) is 0 Å². The van der Waals surface area contributed by atoms with Gasteiger partial charge in [0, 0.05) is 5.02 Å². The van der Waals surface area contributed by atoms with E-state index in [9.17, 15) is 14.7 Å². The number of carbonyl (C=O) groups is 2. The number of benzene rings is 3. The quantitative estimate of drug-likeness (QED) is 0.175. The maximum atomic E-state index is 13.7. The van der Waals surface area contributed by atoms with Crippen molar-refractivity contribution < 1.29 is 24.2 Å². The highest BCUT2D eigenvalue weighted by molar-refractivity contribution is 7.22. The molecular formula is C33H31ClN2O5S. The first-order valence-corrected chi connectivity index (χ1v) is 15.0. The molecule has 0 radical (unpaired) electrons. The predicted molar refractivity (Wildman–Crippen MR) is 168 cm³/mol. The Labute approximate surface area is 253 Å². The van der Waals surface area contributed by atoms with Gasteiger partial charge >= 0.3 is 0 Å². The van der Waals surface area contributed by atoms with Gasteiger partial charge in [-0.25, -0.2) is 4.98 Å². The Kier molecular flexibility index (Phi) is 8.94. The van der Waals surface area contributed by atoms with Gasteiger partial charge in [-0.2, -0.15) is 0 Å². The topological polar surface area (TPSA) is 89.0 Å². The average Bonchev–Trinajstić information content (AvgIpc) is 3.50. The van der Waals surface area contributed by atoms with Crippen molar-refractivity contribution in [3.8, 4) is 11.5 Å². The number of thiazole rings is 1. The number of ether oxygens (including phenoxy) is 2. The number of carbonyl (C=O) groups excluding carboxylic acids is 2. The lowest BCUT2D eigenvalue weighted by Crippen LogP contribution is -2.30. The van der Waals surface area contributed by atoms with Crippen molar-refractivity contribution in [2.75, 3.05) is 18.1 Å². The molecule has 0 fully saturated rings. The van der Waals surface area contributed by atoms with Gasteiger partial charge < -0.3 is 14.6 Å². The van der Waals surface area contributed by atoms with Crippen molar-refractivity contribution in [1.29, 1.82) is 0 Å². The molecule has 1 aliphatic rings. The van der Waals surface area contributed by atoms with Crippen LogP contribution in [0.2, 0.25) is 5.02 Å². The van der Waals surface area contributed by atoms with Crippen molar-refractivity contribution in [3.05, 3.63) is 100 Å². The van der Waals surface area contributed by atoms with Crippen LogP contribution in [0, 0.1) is 5.92 Å². The lowest BCUT2D eigenvalue weighted by molar-refractivity contribution is -0.117. The summed E-state index contributed by atoms with van der Waals surface area (Å²) in [5, 5.41) is 12.0. The van der Waals surface area contributed by atoms with Gasteiger partial charge in [0.2, 0.25) is 0 Å². The number of aliphatic hydroxyl groups is 1. The van der Waals surface area contributed by atoms with E-state index >= 15 is 0 Å². The SMILES string of the molecule is CCOc1cc(C2C(C(=O)C=Cc3ccccc3)=C(O)C(=O)N2c2nc3ccc(Cl)cc3s2)ccc1OCCC(C)C. The first-order chi connectivity index (χ1) is 20.3. The zero-order chi connectivity index (χ0) is 29.8. The molecule has 1 unspecified atom stereocenters. The van der Waals surface area contributed by atoms with E-state index < -0.39 is 23.5 Å². The van der Waals surface area contributed by atoms with Crippen LogP contribution in [0.3, 0.4) is 0 Å². The number of hydrogen-bond donors (Lipinski definition) is 1. The molecule has 1 atom stereocenters. The molecule has 42 heavy (non-hydrogen) atoms. The van der Waals surface area contributed by atoms with Crippen molar-refractivity contribution in [2.45, 2.75) is 33.2 Å². The Morgan fingerprint density at radius 1 is 1.10 bits per heavy atom. The van der Waals surface area contributed by atoms with Crippen molar-refractivity contribution in [2.24, 2.45) is 5.92 Å². The zero-order valence-electron chi connectivity index (χ0n) is 23.5. The highest BCUT2D eigenvalue weighted by atomic mass is 35.5. The van der Waals surface area contributed by atoms with Crippen molar-refractivity contribution >= 4 is 56.1 Å². The molecule has 0 spiro atoms. The van der Waals surface area contributed by atoms with E-state index in [1.807, 2.05) is 37.3 Å². The molecule has 1 aromatic heterocycles. The summed E-state index contributed by atoms with van der Waals surface area (Å²) in [7, 11) is 0. The van der Waals surface area contributed by atoms with E-state index in [-0.39, 0.29) is 5.57 Å². The fourth-order valence-corrected chi connectivity index (χ4v) is 5.94. The summed E-state index contributed by atoms with van der Waals surface area (Å²) in [6, 6.07) is 19.0. The molecule has 4 aromatic rings. The summed E-state index contributed by atoms with van der Waals surface area (Å²) in [6.45, 7) is 7.04. The molecule has 1 aliphatic heterocycles. The number of aliphatic hydroxyl groups excluding tert-OH is 1. The molecule has 1 N–H and O–H groups in total. The number of aromatic nitrogens is 1. The second kappa shape index (κ2) is 12.8. The minimum atomic E-state index is -0.953. The molecule has 0 saturated heterocycles. The van der Waals surface area contributed by atoms with Crippen LogP contribution >= 0.6 is 22.9 Å². The Bertz CT molecular complexity index is 1680. The molecular weight excluding hydrogens is 572 g/mol. The lowest BCUT2D eigenvalue weighted by atomic mass is 9.95. The standard InChI is InChI=1S/C33H31ClN2O5S/c1-4-40-27-18-22(11-15-26(27)41-17-16-20(2)3)30-29(25(37)14-10-21-8-6-5-7-9-21)31(38)32(39)36(30)33-35-24-13-12-23(34)19-28(24)42-33/h5-15,18-20,30,38H,4,16-17H2,1-3H3. The number of hydrogen-bond acceptors (Lipinski definition) is 7. The van der Waals surface area contributed by atoms with E-state index in [2.05, 4.69) is 18.8 Å². The number of anilines is 1. The first-order valence-electron chi connectivity index (χ1n) is 13.8. The fraction of sp³-hybridized carbons (Fsp3) is 0.242. The van der Waals surface area contributed by atoms with E-state index in [0.29, 0.717) is 51.9 Å². The molecule has 3 aromatic carbocycles. The smallest absolute Gasteiger partial charge is 0.296 e. The van der Waals surface area contributed by atoms with E-state index in [0.717, 1.165) is 16.7 Å². The monoisotopic (exact) mass is 602 g/mol. The normalized spacial score (nSPS) is 15.4. The Morgan fingerprint density at radius 2 is 1.88 bits per heavy atom. The number of fused-ring (bicyclic) bond motifs is 1. The molecule has 0 saturated carbocycles. The molecule has 0 bridgehead atoms. The van der Waals surface area contributed by atoms with Gasteiger partial charge in [-0.3, -0.25) is 14.5 Å². The molecule has 1 amide bonds. The summed E-state index contributed by atoms with van der Waals surface area (Å²) >= 11 is 7.46. The molecule has 2 heterocycles. The van der Waals surface area contributed by atoms with Gasteiger partial charge in [0.05, 0.1) is 35.0 Å². The van der Waals surface area contributed by atoms with Crippen LogP contribution < -0.4 is 14.4 Å². The number of allylic oxidation sites excluding steroid dienone is 1. The summed E-state index contributed by atoms with van der Waals surface area (Å²) < 4.78 is 12.7. The van der Waals surface area contributed by atoms with Crippen LogP contribution in [0.25, 0.3) is 16.3 Å². The summed E-state index contributed by atoms with van der Waals surface area (Å²) in [6.07, 6.45) is 3.91. The summed E-state index contributed by atoms with van der Waals surface area (Å²) in [4.78, 5) is 33.3. The van der Waals surface area contributed by atoms with Crippen LogP contribution in [0.15, 0.2) is 84.1 Å². The second-order valence-electron chi connectivity index (χ2n) is 10.2. The fourth-order valence-electron chi connectivity index (χ4n) is 4.67. The molecule has 5 rings (SSSR count). The molecule has 216 valence electrons. The highest BCUT2D eigenvalue weighted by Gasteiger charge is 2.45. The average molecular weight is 603 g/mol. The number of halogens is 1. The number of ketones is 1. The maximum absolute atomic E-state index is 13.7. The van der Waals surface area contributed by atoms with E-state index in [4.69, 9.17) is 21.1 Å². The van der Waals surface area contributed by atoms with E-state index in [1.165, 1.54) is 22.3 Å². The Hall–Kier alpha value is -4.14. The lowest BCUT2D eigenvalue weighted by Gasteiger charge is -2.25. The van der Waals surface area contributed by atoms with Gasteiger partial charge in [-0.15, -0.1) is 0 Å². The minimum absolute atomic E-state index is 0.0413. The Morgan fingerprint density at radius 3 is 2.62 bits per heavy atom. The zero-order valence-corrected chi connectivity index (χ0v) is 25.1. The van der Waals surface area contributed by atoms with Crippen LogP contribution in [-0.4, -0.2) is 35.0 Å². The third-order valence-electron chi connectivity index (χ3n) is 6.78. The Balaban J connectivity index is 1.59. The predicted octanol–water partition coefficient (Wildman–Crippen LogP) is 7.96. The summed E-state index contributed by atoms with van der Waals surface area (Å²) in [5.74, 6) is -0.284. The van der Waals surface area contributed by atoms with Crippen LogP contribution in [-0.2, 0) is 9.59 Å². The van der Waals surface area contributed by atoms with Gasteiger partial charge in [-0.1, -0.05) is 79.3 Å². The van der Waals surface area contributed by atoms with E-state index in [1.54, 1.807) is 42.5 Å². The van der Waals surface area contributed by atoms with Gasteiger partial charge in [-0.05, 0) is 66.8 Å².